The van der Waals surface area contributed by atoms with Gasteiger partial charge in [-0.15, -0.1) is 11.8 Å². The van der Waals surface area contributed by atoms with E-state index >= 15 is 0 Å². The molecule has 1 aliphatic rings. The van der Waals surface area contributed by atoms with E-state index < -0.39 is 0 Å². The van der Waals surface area contributed by atoms with E-state index in [0.29, 0.717) is 42.9 Å². The average Bonchev–Trinajstić information content (AvgIpc) is 2.76. The van der Waals surface area contributed by atoms with Gasteiger partial charge >= 0.3 is 0 Å². The van der Waals surface area contributed by atoms with Gasteiger partial charge in [0.15, 0.2) is 0 Å². The summed E-state index contributed by atoms with van der Waals surface area (Å²) in [6.45, 7) is 7.80. The number of amides is 1. The molecule has 1 N–H and O–H groups in total. The van der Waals surface area contributed by atoms with Crippen LogP contribution in [0, 0.1) is 0 Å². The van der Waals surface area contributed by atoms with E-state index in [0.717, 1.165) is 29.4 Å². The summed E-state index contributed by atoms with van der Waals surface area (Å²) in [6, 6.07) is 11.3. The Morgan fingerprint density at radius 1 is 1.13 bits per heavy atom. The minimum Gasteiger partial charge on any atom is -0.492 e. The van der Waals surface area contributed by atoms with Crippen LogP contribution < -0.4 is 19.7 Å². The number of thioether (sulfide) groups is 1. The molecule has 1 fully saturated rings. The van der Waals surface area contributed by atoms with Crippen LogP contribution in [-0.4, -0.2) is 51.2 Å². The highest BCUT2D eigenvalue weighted by atomic mass is 35.5. The van der Waals surface area contributed by atoms with Gasteiger partial charge < -0.3 is 24.4 Å². The minimum absolute atomic E-state index is 0.137. The largest absolute Gasteiger partial charge is 0.492 e. The number of morpholine rings is 1. The van der Waals surface area contributed by atoms with Crippen LogP contribution in [0.4, 0.5) is 11.4 Å². The molecule has 6 nitrogen and oxygen atoms in total. The second kappa shape index (κ2) is 11.3. The lowest BCUT2D eigenvalue weighted by molar-refractivity contribution is -0.113. The van der Waals surface area contributed by atoms with Gasteiger partial charge in [0.2, 0.25) is 5.91 Å². The Morgan fingerprint density at radius 3 is 2.53 bits per heavy atom. The molecule has 0 bridgehead atoms. The first kappa shape index (κ1) is 22.6. The van der Waals surface area contributed by atoms with Crippen molar-refractivity contribution in [2.75, 3.05) is 55.5 Å². The minimum atomic E-state index is -0.137. The fourth-order valence-electron chi connectivity index (χ4n) is 3.14. The predicted octanol–water partition coefficient (Wildman–Crippen LogP) is 4.70. The Morgan fingerprint density at radius 2 is 1.83 bits per heavy atom. The zero-order valence-corrected chi connectivity index (χ0v) is 18.9. The van der Waals surface area contributed by atoms with Gasteiger partial charge in [-0.2, -0.15) is 0 Å². The van der Waals surface area contributed by atoms with Crippen molar-refractivity contribution in [2.45, 2.75) is 18.7 Å². The number of anilines is 2. The molecule has 3 rings (SSSR count). The summed E-state index contributed by atoms with van der Waals surface area (Å²) < 4.78 is 17.2. The molecule has 1 heterocycles. The maximum atomic E-state index is 12.6. The molecule has 162 valence electrons. The van der Waals surface area contributed by atoms with Gasteiger partial charge in [0.05, 0.1) is 48.6 Å². The van der Waals surface area contributed by atoms with E-state index in [9.17, 15) is 4.79 Å². The molecular weight excluding hydrogens is 424 g/mol. The topological polar surface area (TPSA) is 60.0 Å². The van der Waals surface area contributed by atoms with E-state index in [1.165, 1.54) is 11.8 Å². The van der Waals surface area contributed by atoms with E-state index in [1.807, 2.05) is 50.2 Å². The summed E-state index contributed by atoms with van der Waals surface area (Å²) >= 11 is 7.57. The number of nitrogens with one attached hydrogen (secondary N) is 1. The number of ether oxygens (including phenoxy) is 3. The number of hydrogen-bond acceptors (Lipinski definition) is 6. The van der Waals surface area contributed by atoms with E-state index in [1.54, 1.807) is 0 Å². The Balaban J connectivity index is 1.78. The summed E-state index contributed by atoms with van der Waals surface area (Å²) in [6.07, 6.45) is 0. The number of carbonyl (C=O) groups excluding carboxylic acids is 1. The molecule has 30 heavy (non-hydrogen) atoms. The molecule has 1 saturated heterocycles. The lowest BCUT2D eigenvalue weighted by Crippen LogP contribution is -2.36. The fraction of sp³-hybridized carbons (Fsp3) is 0.409. The van der Waals surface area contributed by atoms with E-state index in [4.69, 9.17) is 25.8 Å². The molecule has 1 aliphatic heterocycles. The molecule has 8 heteroatoms. The number of hydrogen-bond donors (Lipinski definition) is 1. The second-order valence-corrected chi connectivity index (χ2v) is 7.97. The second-order valence-electron chi connectivity index (χ2n) is 6.55. The summed E-state index contributed by atoms with van der Waals surface area (Å²) in [5, 5.41) is 3.60. The summed E-state index contributed by atoms with van der Waals surface area (Å²) in [7, 11) is 0. The maximum Gasteiger partial charge on any atom is 0.234 e. The van der Waals surface area contributed by atoms with Crippen LogP contribution in [0.25, 0.3) is 0 Å². The van der Waals surface area contributed by atoms with Crippen molar-refractivity contribution in [1.82, 2.24) is 0 Å². The van der Waals surface area contributed by atoms with E-state index in [2.05, 4.69) is 10.2 Å². The van der Waals surface area contributed by atoms with Crippen molar-refractivity contribution in [3.8, 4) is 11.5 Å². The number of rotatable bonds is 9. The van der Waals surface area contributed by atoms with Gasteiger partial charge in [-0.3, -0.25) is 4.79 Å². The summed E-state index contributed by atoms with van der Waals surface area (Å²) in [4.78, 5) is 15.7. The standard InChI is InChI=1S/C22H27ClN2O4S/c1-3-28-19-14-18(25-9-11-27-12-10-25)20(29-4-2)13-17(19)24-22(26)15-30-21-8-6-5-7-16(21)23/h5-8,13-14H,3-4,9-12,15H2,1-2H3,(H,24,26). The molecular formula is C22H27ClN2O4S. The first-order valence-corrected chi connectivity index (χ1v) is 11.4. The molecule has 0 atom stereocenters. The van der Waals surface area contributed by atoms with Gasteiger partial charge in [-0.05, 0) is 26.0 Å². The monoisotopic (exact) mass is 450 g/mol. The highest BCUT2D eigenvalue weighted by Crippen LogP contribution is 2.39. The van der Waals surface area contributed by atoms with Crippen molar-refractivity contribution in [3.63, 3.8) is 0 Å². The molecule has 0 aromatic heterocycles. The third-order valence-electron chi connectivity index (χ3n) is 4.48. The SMILES string of the molecule is CCOc1cc(N2CCOCC2)c(OCC)cc1NC(=O)CSc1ccccc1Cl. The number of benzene rings is 2. The Bertz CT molecular complexity index is 859. The predicted molar refractivity (Wildman–Crippen MR) is 123 cm³/mol. The van der Waals surface area contributed by atoms with E-state index in [-0.39, 0.29) is 11.7 Å². The molecule has 0 spiro atoms. The van der Waals surface area contributed by atoms with Crippen LogP contribution >= 0.6 is 23.4 Å². The number of carbonyl (C=O) groups is 1. The Labute approximate surface area is 186 Å². The third kappa shape index (κ3) is 5.97. The first-order chi connectivity index (χ1) is 14.6. The molecule has 1 amide bonds. The number of nitrogens with zero attached hydrogens (tertiary/aromatic N) is 1. The summed E-state index contributed by atoms with van der Waals surface area (Å²) in [5.41, 5.74) is 1.55. The lowest BCUT2D eigenvalue weighted by atomic mass is 10.2. The van der Waals surface area contributed by atoms with Crippen molar-refractivity contribution >= 4 is 40.6 Å². The van der Waals surface area contributed by atoms with Gasteiger partial charge in [0.1, 0.15) is 11.5 Å². The van der Waals surface area contributed by atoms with Crippen LogP contribution in [-0.2, 0) is 9.53 Å². The molecule has 0 unspecified atom stereocenters. The molecule has 0 radical (unpaired) electrons. The smallest absolute Gasteiger partial charge is 0.234 e. The van der Waals surface area contributed by atoms with Crippen LogP contribution in [0.15, 0.2) is 41.3 Å². The van der Waals surface area contributed by atoms with Crippen molar-refractivity contribution in [3.05, 3.63) is 41.4 Å². The van der Waals surface area contributed by atoms with Crippen molar-refractivity contribution < 1.29 is 19.0 Å². The third-order valence-corrected chi connectivity index (χ3v) is 6.00. The van der Waals surface area contributed by atoms with Gasteiger partial charge in [-0.1, -0.05) is 23.7 Å². The van der Waals surface area contributed by atoms with Gasteiger partial charge in [0.25, 0.3) is 0 Å². The van der Waals surface area contributed by atoms with Gasteiger partial charge in [-0.25, -0.2) is 0 Å². The van der Waals surface area contributed by atoms with Crippen molar-refractivity contribution in [1.29, 1.82) is 0 Å². The normalized spacial score (nSPS) is 13.8. The Kier molecular flexibility index (Phi) is 8.54. The quantitative estimate of drug-likeness (QED) is 0.558. The zero-order valence-electron chi connectivity index (χ0n) is 17.3. The molecule has 0 saturated carbocycles. The maximum absolute atomic E-state index is 12.6. The van der Waals surface area contributed by atoms with Crippen LogP contribution in [0.5, 0.6) is 11.5 Å². The lowest BCUT2D eigenvalue weighted by Gasteiger charge is -2.31. The van der Waals surface area contributed by atoms with Crippen LogP contribution in [0.2, 0.25) is 5.02 Å². The molecule has 0 aliphatic carbocycles. The zero-order chi connectivity index (χ0) is 21.3. The Hall–Kier alpha value is -2.09. The number of halogens is 1. The van der Waals surface area contributed by atoms with Crippen LogP contribution in [0.1, 0.15) is 13.8 Å². The highest BCUT2D eigenvalue weighted by molar-refractivity contribution is 8.00. The van der Waals surface area contributed by atoms with Crippen LogP contribution in [0.3, 0.4) is 0 Å². The van der Waals surface area contributed by atoms with Gasteiger partial charge in [0, 0.05) is 30.1 Å². The first-order valence-electron chi connectivity index (χ1n) is 10.1. The summed E-state index contributed by atoms with van der Waals surface area (Å²) in [5.74, 6) is 1.45. The highest BCUT2D eigenvalue weighted by Gasteiger charge is 2.20. The van der Waals surface area contributed by atoms with Crippen molar-refractivity contribution in [2.24, 2.45) is 0 Å². The fourth-order valence-corrected chi connectivity index (χ4v) is 4.17. The molecule has 2 aromatic carbocycles. The molecule has 2 aromatic rings. The average molecular weight is 451 g/mol.